The van der Waals surface area contributed by atoms with Crippen LogP contribution in [0.3, 0.4) is 0 Å². The first-order valence-corrected chi connectivity index (χ1v) is 39.9. The number of non-ortho nitro benzene ring substituents is 1. The number of benzene rings is 12. The molecule has 632 valence electrons. The summed E-state index contributed by atoms with van der Waals surface area (Å²) in [6.07, 6.45) is 0. The molecule has 0 aliphatic carbocycles. The molecule has 0 saturated carbocycles. The molecule has 0 saturated heterocycles. The van der Waals surface area contributed by atoms with Crippen LogP contribution in [-0.4, -0.2) is 76.7 Å². The summed E-state index contributed by atoms with van der Waals surface area (Å²) in [6.45, 7) is 25.3. The van der Waals surface area contributed by atoms with Crippen molar-refractivity contribution < 1.29 is 63.0 Å². The number of carboxylic acids is 1. The minimum atomic E-state index is -1.01. The molecule has 12 rings (SSSR count). The van der Waals surface area contributed by atoms with Crippen LogP contribution in [0.2, 0.25) is 0 Å². The summed E-state index contributed by atoms with van der Waals surface area (Å²) in [4.78, 5) is 105. The standard InChI is InChI=1S/C18H19NO3.C17H16N2O.C17H17NO3.C17H19NO2.C16H16N2O3.C16H17NO2/c1-12(2)15-5-4-6-16(11-15)19-17(20)13-7-9-14(10-8-13)18(21)22-3;1-12(2)15-4-3-5-16(10-15)19-17(20)14-8-6-13(11-18)7-9-14;1-11(2)14-4-3-5-15(10-14)18-16(19)12-6-8-13(9-7-12)17(20)21;1-12(2)14-5-4-6-15(11-14)18-17(19)13-7-9-16(20-3)10-8-13;1-11(2)13-4-3-5-14(10-13)17-16(19)12-6-8-15(9-7-12)18(20)21;1-11(2)13-4-3-5-14(10-13)17-16(19)12-6-8-15(18)9-7-12/h4-12H,1-3H3,(H,19,20);3-10,12H,1-2H3,(H,19,20);3-11H,1-2H3,(H,18,19)(H,20,21);4-12H,1-3H3,(H,18,19);3-11H,1-2H3,(H,17,19);3-11,18H,1-2H3,(H,17,19). The maximum absolute atomic E-state index is 12.2. The van der Waals surface area contributed by atoms with Crippen molar-refractivity contribution >= 4 is 87.2 Å². The molecule has 12 aromatic carbocycles. The summed E-state index contributed by atoms with van der Waals surface area (Å²) >= 11 is 0. The highest BCUT2D eigenvalue weighted by Crippen LogP contribution is 2.27. The molecule has 123 heavy (non-hydrogen) atoms. The van der Waals surface area contributed by atoms with Gasteiger partial charge < -0.3 is 51.6 Å². The van der Waals surface area contributed by atoms with Crippen LogP contribution < -0.4 is 36.6 Å². The summed E-state index contributed by atoms with van der Waals surface area (Å²) in [7, 11) is 2.93. The lowest BCUT2D eigenvalue weighted by Gasteiger charge is -2.10. The Balaban J connectivity index is 0.000000203. The molecule has 22 nitrogen and oxygen atoms in total. The minimum Gasteiger partial charge on any atom is -0.508 e. The van der Waals surface area contributed by atoms with E-state index in [1.54, 1.807) is 92.0 Å². The number of nitro benzene ring substituents is 1. The Morgan fingerprint density at radius 3 is 0.764 bits per heavy atom. The number of ether oxygens (including phenoxy) is 2. The van der Waals surface area contributed by atoms with E-state index in [2.05, 4.69) is 126 Å². The van der Waals surface area contributed by atoms with Crippen molar-refractivity contribution in [3.05, 3.63) is 385 Å². The Morgan fingerprint density at radius 2 is 0.545 bits per heavy atom. The first kappa shape index (κ1) is 95.0. The predicted octanol–water partition coefficient (Wildman–Crippen LogP) is 23.4. The second-order valence-corrected chi connectivity index (χ2v) is 30.1. The molecule has 0 aliphatic heterocycles. The second kappa shape index (κ2) is 47.5. The number of esters is 1. The molecule has 0 spiro atoms. The maximum atomic E-state index is 12.2. The molecule has 0 radical (unpaired) electrons. The van der Waals surface area contributed by atoms with Crippen LogP contribution in [0.15, 0.2) is 291 Å². The third-order valence-corrected chi connectivity index (χ3v) is 18.9. The number of phenolic OH excluding ortho intramolecular Hbond substituents is 1. The van der Waals surface area contributed by atoms with E-state index in [0.29, 0.717) is 85.7 Å². The van der Waals surface area contributed by atoms with Crippen LogP contribution in [-0.2, 0) is 4.74 Å². The van der Waals surface area contributed by atoms with Crippen molar-refractivity contribution in [2.45, 2.75) is 119 Å². The third kappa shape index (κ3) is 31.0. The molecule has 6 amide bonds. The SMILES string of the molecule is CC(C)c1cccc(NC(=O)c2ccc(C#N)cc2)c1.CC(C)c1cccc(NC(=O)c2ccc(C(=O)O)cc2)c1.CC(C)c1cccc(NC(=O)c2ccc(O)cc2)c1.CC(C)c1cccc(NC(=O)c2ccc([N+](=O)[O-])cc2)c1.COC(=O)c1ccc(C(=O)Nc2cccc(C(C)C)c2)cc1.COc1ccc(C(=O)Nc2cccc(C(C)C)c2)cc1. The van der Waals surface area contributed by atoms with Crippen LogP contribution in [0.5, 0.6) is 11.5 Å². The Hall–Kier alpha value is -15.1. The van der Waals surface area contributed by atoms with Gasteiger partial charge in [0.2, 0.25) is 0 Å². The normalized spacial score (nSPS) is 10.4. The number of aromatic carboxylic acids is 1. The van der Waals surface area contributed by atoms with Crippen molar-refractivity contribution in [2.24, 2.45) is 0 Å². The van der Waals surface area contributed by atoms with Crippen molar-refractivity contribution in [1.29, 1.82) is 5.26 Å². The number of nitrogens with zero attached hydrogens (tertiary/aromatic N) is 2. The molecule has 0 bridgehead atoms. The highest BCUT2D eigenvalue weighted by atomic mass is 16.6. The van der Waals surface area contributed by atoms with Gasteiger partial charge in [0.25, 0.3) is 41.1 Å². The van der Waals surface area contributed by atoms with Gasteiger partial charge in [-0.3, -0.25) is 38.9 Å². The largest absolute Gasteiger partial charge is 0.508 e. The molecule has 0 unspecified atom stereocenters. The lowest BCUT2D eigenvalue weighted by atomic mass is 10.0. The summed E-state index contributed by atoms with van der Waals surface area (Å²) in [5, 5.41) is 54.4. The average Bonchev–Trinajstić information content (AvgIpc) is 0.870. The van der Waals surface area contributed by atoms with Crippen LogP contribution in [0, 0.1) is 21.4 Å². The number of phenols is 1. The van der Waals surface area contributed by atoms with Crippen LogP contribution in [0.25, 0.3) is 0 Å². The number of anilines is 6. The number of hydrogen-bond donors (Lipinski definition) is 8. The van der Waals surface area contributed by atoms with Gasteiger partial charge in [0.05, 0.1) is 41.9 Å². The smallest absolute Gasteiger partial charge is 0.337 e. The van der Waals surface area contributed by atoms with Gasteiger partial charge in [0.15, 0.2) is 0 Å². The number of nitro groups is 1. The van der Waals surface area contributed by atoms with Crippen molar-refractivity contribution in [3.63, 3.8) is 0 Å². The van der Waals surface area contributed by atoms with Gasteiger partial charge in [-0.2, -0.15) is 5.26 Å². The number of nitriles is 1. The zero-order valence-electron chi connectivity index (χ0n) is 71.4. The zero-order valence-corrected chi connectivity index (χ0v) is 71.4. The van der Waals surface area contributed by atoms with Gasteiger partial charge in [-0.15, -0.1) is 0 Å². The topological polar surface area (TPSA) is 335 Å². The number of nitrogens with one attached hydrogen (secondary N) is 6. The molecule has 8 N–H and O–H groups in total. The number of carboxylic acid groups (broad SMARTS) is 1. The Morgan fingerprint density at radius 1 is 0.325 bits per heavy atom. The first-order valence-electron chi connectivity index (χ1n) is 39.9. The van der Waals surface area contributed by atoms with E-state index >= 15 is 0 Å². The van der Waals surface area contributed by atoms with Crippen LogP contribution in [0.4, 0.5) is 39.8 Å². The molecule has 0 fully saturated rings. The van der Waals surface area contributed by atoms with Gasteiger partial charge in [-0.1, -0.05) is 156 Å². The molecule has 0 aliphatic rings. The van der Waals surface area contributed by atoms with Gasteiger partial charge in [0, 0.05) is 79.6 Å². The van der Waals surface area contributed by atoms with E-state index in [9.17, 15) is 53.6 Å². The monoisotopic (exact) mass is 1650 g/mol. The highest BCUT2D eigenvalue weighted by Gasteiger charge is 2.17. The van der Waals surface area contributed by atoms with E-state index in [4.69, 9.17) is 15.1 Å². The third-order valence-electron chi connectivity index (χ3n) is 18.9. The van der Waals surface area contributed by atoms with E-state index in [-0.39, 0.29) is 52.4 Å². The molecule has 0 aromatic heterocycles. The summed E-state index contributed by atoms with van der Waals surface area (Å²) in [5.74, 6) is 0.681. The fourth-order valence-corrected chi connectivity index (χ4v) is 11.5. The molecular weight excluding hydrogens is 1550 g/mol. The lowest BCUT2D eigenvalue weighted by Crippen LogP contribution is -2.12. The molecule has 12 aromatic rings. The molecular formula is C101H104N8O14. The number of rotatable bonds is 22. The zero-order chi connectivity index (χ0) is 89.8. The number of carbonyl (C=O) groups is 8. The molecule has 0 heterocycles. The van der Waals surface area contributed by atoms with Crippen LogP contribution in [0.1, 0.15) is 240 Å². The Labute approximate surface area is 718 Å². The lowest BCUT2D eigenvalue weighted by molar-refractivity contribution is -0.384. The van der Waals surface area contributed by atoms with Crippen LogP contribution >= 0.6 is 0 Å². The van der Waals surface area contributed by atoms with Gasteiger partial charge in [-0.25, -0.2) is 9.59 Å². The van der Waals surface area contributed by atoms with E-state index in [0.717, 1.165) is 45.3 Å². The van der Waals surface area contributed by atoms with Crippen molar-refractivity contribution in [1.82, 2.24) is 0 Å². The quantitative estimate of drug-likeness (QED) is 0.0178. The fourth-order valence-electron chi connectivity index (χ4n) is 11.5. The first-order chi connectivity index (χ1) is 58.7. The maximum Gasteiger partial charge on any atom is 0.337 e. The average molecular weight is 1650 g/mol. The van der Waals surface area contributed by atoms with Gasteiger partial charge in [-0.05, 0) is 275 Å². The highest BCUT2D eigenvalue weighted by molar-refractivity contribution is 6.08. The number of methoxy groups -OCH3 is 2. The predicted molar refractivity (Wildman–Crippen MR) is 487 cm³/mol. The van der Waals surface area contributed by atoms with Crippen molar-refractivity contribution in [2.75, 3.05) is 46.1 Å². The Kier molecular flexibility index (Phi) is 36.7. The summed E-state index contributed by atoms with van der Waals surface area (Å²) in [6, 6.07) is 86.2. The Bertz CT molecular complexity index is 5490. The van der Waals surface area contributed by atoms with E-state index in [1.165, 1.54) is 90.0 Å². The molecule has 22 heteroatoms. The number of carbonyl (C=O) groups excluding carboxylic acids is 7. The summed E-state index contributed by atoms with van der Waals surface area (Å²) < 4.78 is 9.71. The molecule has 0 atom stereocenters. The van der Waals surface area contributed by atoms with Crippen molar-refractivity contribution in [3.8, 4) is 17.6 Å². The minimum absolute atomic E-state index is 0.0339. The fraction of sp³-hybridized carbons (Fsp3) is 0.198. The number of aromatic hydroxyl groups is 1. The number of hydrogen-bond acceptors (Lipinski definition) is 14. The number of amides is 6. The second-order valence-electron chi connectivity index (χ2n) is 30.1. The van der Waals surface area contributed by atoms with Gasteiger partial charge in [0.1, 0.15) is 11.5 Å². The van der Waals surface area contributed by atoms with E-state index in [1.807, 2.05) is 146 Å². The van der Waals surface area contributed by atoms with Gasteiger partial charge >= 0.3 is 11.9 Å². The summed E-state index contributed by atoms with van der Waals surface area (Å²) in [5.41, 5.74) is 15.7. The van der Waals surface area contributed by atoms with E-state index < -0.39 is 16.9 Å².